The number of allylic oxidation sites excluding steroid dienone is 1. The summed E-state index contributed by atoms with van der Waals surface area (Å²) in [5, 5.41) is 9.61. The molecule has 0 saturated heterocycles. The Morgan fingerprint density at radius 2 is 2.07 bits per heavy atom. The predicted molar refractivity (Wildman–Crippen MR) is 60.9 cm³/mol. The van der Waals surface area contributed by atoms with Crippen molar-refractivity contribution in [2.75, 3.05) is 0 Å². The maximum atomic E-state index is 9.61. The van der Waals surface area contributed by atoms with Crippen LogP contribution < -0.4 is 0 Å². The third-order valence-corrected chi connectivity index (χ3v) is 2.36. The third kappa shape index (κ3) is 2.93. The molecule has 1 aromatic rings. The lowest BCUT2D eigenvalue weighted by Gasteiger charge is -2.11. The number of hydrogen-bond acceptors (Lipinski definition) is 1. The van der Waals surface area contributed by atoms with Gasteiger partial charge in [0.05, 0.1) is 0 Å². The average Bonchev–Trinajstić information content (AvgIpc) is 2.15. The fraction of sp³-hybridized carbons (Fsp3) is 0.273. The lowest BCUT2D eigenvalue weighted by atomic mass is 9.96. The molecule has 0 amide bonds. The van der Waals surface area contributed by atoms with Crippen molar-refractivity contribution in [3.05, 3.63) is 40.4 Å². The summed E-state index contributed by atoms with van der Waals surface area (Å²) in [6, 6.07) is 7.20. The van der Waals surface area contributed by atoms with Crippen LogP contribution in [-0.4, -0.2) is 5.11 Å². The quantitative estimate of drug-likeness (QED) is 0.826. The standard InChI is InChI=1S/C11H12Cl2O/c1-2-8(7-11(12)13)9-5-3-4-6-10(9)14/h3-8,14H,2H2,1H3. The second-order valence-corrected chi connectivity index (χ2v) is 4.04. The van der Waals surface area contributed by atoms with Crippen LogP contribution in [0.5, 0.6) is 5.75 Å². The molecule has 0 spiro atoms. The highest BCUT2D eigenvalue weighted by atomic mass is 35.5. The van der Waals surface area contributed by atoms with Gasteiger partial charge in [-0.15, -0.1) is 0 Å². The molecule has 0 heterocycles. The van der Waals surface area contributed by atoms with Crippen LogP contribution in [0.25, 0.3) is 0 Å². The smallest absolute Gasteiger partial charge is 0.119 e. The van der Waals surface area contributed by atoms with E-state index in [1.54, 1.807) is 18.2 Å². The normalized spacial score (nSPS) is 12.2. The summed E-state index contributed by atoms with van der Waals surface area (Å²) in [4.78, 5) is 0. The Bertz CT molecular complexity index is 330. The molecule has 1 nitrogen and oxygen atoms in total. The first kappa shape index (κ1) is 11.4. The minimum atomic E-state index is 0.0706. The van der Waals surface area contributed by atoms with Gasteiger partial charge >= 0.3 is 0 Å². The van der Waals surface area contributed by atoms with Gasteiger partial charge in [0.2, 0.25) is 0 Å². The second-order valence-electron chi connectivity index (χ2n) is 3.03. The van der Waals surface area contributed by atoms with Gasteiger partial charge in [-0.2, -0.15) is 0 Å². The van der Waals surface area contributed by atoms with Crippen LogP contribution >= 0.6 is 23.2 Å². The molecule has 1 unspecified atom stereocenters. The summed E-state index contributed by atoms with van der Waals surface area (Å²) in [6.45, 7) is 2.02. The zero-order chi connectivity index (χ0) is 10.6. The van der Waals surface area contributed by atoms with Crippen molar-refractivity contribution in [2.45, 2.75) is 19.3 Å². The summed E-state index contributed by atoms with van der Waals surface area (Å²) < 4.78 is 0.236. The van der Waals surface area contributed by atoms with E-state index < -0.39 is 0 Å². The molecule has 0 radical (unpaired) electrons. The molecule has 0 aromatic heterocycles. The molecule has 0 aliphatic rings. The number of benzene rings is 1. The maximum absolute atomic E-state index is 9.61. The van der Waals surface area contributed by atoms with E-state index in [9.17, 15) is 5.11 Å². The van der Waals surface area contributed by atoms with Crippen molar-refractivity contribution in [2.24, 2.45) is 0 Å². The summed E-state index contributed by atoms with van der Waals surface area (Å²) in [5.41, 5.74) is 0.855. The molecule has 3 heteroatoms. The van der Waals surface area contributed by atoms with E-state index in [0.29, 0.717) is 0 Å². The van der Waals surface area contributed by atoms with Crippen LogP contribution in [0.3, 0.4) is 0 Å². The van der Waals surface area contributed by atoms with Crippen LogP contribution in [0, 0.1) is 0 Å². The predicted octanol–water partition coefficient (Wildman–Crippen LogP) is 4.20. The average molecular weight is 231 g/mol. The first-order chi connectivity index (χ1) is 6.65. The molecule has 1 N–H and O–H groups in total. The molecule has 0 aliphatic heterocycles. The summed E-state index contributed by atoms with van der Waals surface area (Å²) in [6.07, 6.45) is 2.58. The molecule has 1 rings (SSSR count). The number of para-hydroxylation sites is 1. The molecule has 0 aliphatic carbocycles. The van der Waals surface area contributed by atoms with Crippen LogP contribution in [0.15, 0.2) is 34.8 Å². The Morgan fingerprint density at radius 1 is 1.43 bits per heavy atom. The van der Waals surface area contributed by atoms with Crippen molar-refractivity contribution in [3.63, 3.8) is 0 Å². The zero-order valence-electron chi connectivity index (χ0n) is 7.87. The fourth-order valence-electron chi connectivity index (χ4n) is 1.38. The van der Waals surface area contributed by atoms with Crippen molar-refractivity contribution < 1.29 is 5.11 Å². The summed E-state index contributed by atoms with van der Waals surface area (Å²) in [5.74, 6) is 0.353. The maximum Gasteiger partial charge on any atom is 0.119 e. The molecule has 1 aromatic carbocycles. The molecular formula is C11H12Cl2O. The van der Waals surface area contributed by atoms with Gasteiger partial charge in [0.15, 0.2) is 0 Å². The third-order valence-electron chi connectivity index (χ3n) is 2.10. The number of rotatable bonds is 3. The highest BCUT2D eigenvalue weighted by Gasteiger charge is 2.10. The molecule has 14 heavy (non-hydrogen) atoms. The number of phenols is 1. The Kier molecular flexibility index (Phi) is 4.30. The van der Waals surface area contributed by atoms with Crippen molar-refractivity contribution >= 4 is 23.2 Å². The summed E-state index contributed by atoms with van der Waals surface area (Å²) >= 11 is 11.2. The Hall–Kier alpha value is -0.660. The SMILES string of the molecule is CCC(C=C(Cl)Cl)c1ccccc1O. The monoisotopic (exact) mass is 230 g/mol. The first-order valence-electron chi connectivity index (χ1n) is 4.45. The largest absolute Gasteiger partial charge is 0.508 e. The van der Waals surface area contributed by atoms with Gasteiger partial charge in [-0.3, -0.25) is 0 Å². The van der Waals surface area contributed by atoms with E-state index in [0.717, 1.165) is 12.0 Å². The lowest BCUT2D eigenvalue weighted by Crippen LogP contribution is -1.93. The van der Waals surface area contributed by atoms with Crippen LogP contribution in [0.4, 0.5) is 0 Å². The molecular weight excluding hydrogens is 219 g/mol. The van der Waals surface area contributed by atoms with Crippen LogP contribution in [-0.2, 0) is 0 Å². The number of hydrogen-bond donors (Lipinski definition) is 1. The Morgan fingerprint density at radius 3 is 2.57 bits per heavy atom. The number of phenolic OH excluding ortho intramolecular Hbond substituents is 1. The van der Waals surface area contributed by atoms with Crippen molar-refractivity contribution in [1.29, 1.82) is 0 Å². The molecule has 1 atom stereocenters. The van der Waals surface area contributed by atoms with Crippen molar-refractivity contribution in [1.82, 2.24) is 0 Å². The molecule has 0 saturated carbocycles. The zero-order valence-corrected chi connectivity index (χ0v) is 9.39. The Labute approximate surface area is 94.0 Å². The van der Waals surface area contributed by atoms with Crippen LogP contribution in [0.2, 0.25) is 0 Å². The van der Waals surface area contributed by atoms with Gasteiger partial charge in [0.1, 0.15) is 10.2 Å². The topological polar surface area (TPSA) is 20.2 Å². The van der Waals surface area contributed by atoms with Crippen LogP contribution in [0.1, 0.15) is 24.8 Å². The van der Waals surface area contributed by atoms with Crippen molar-refractivity contribution in [3.8, 4) is 5.75 Å². The highest BCUT2D eigenvalue weighted by molar-refractivity contribution is 6.55. The first-order valence-corrected chi connectivity index (χ1v) is 5.21. The minimum Gasteiger partial charge on any atom is -0.508 e. The van der Waals surface area contributed by atoms with Gasteiger partial charge < -0.3 is 5.11 Å². The van der Waals surface area contributed by atoms with E-state index in [1.165, 1.54) is 0 Å². The number of halogens is 2. The van der Waals surface area contributed by atoms with Gasteiger partial charge in [-0.1, -0.05) is 48.3 Å². The molecule has 76 valence electrons. The Balaban J connectivity index is 3.01. The number of aromatic hydroxyl groups is 1. The van der Waals surface area contributed by atoms with E-state index >= 15 is 0 Å². The van der Waals surface area contributed by atoms with E-state index in [4.69, 9.17) is 23.2 Å². The van der Waals surface area contributed by atoms with Gasteiger partial charge in [-0.25, -0.2) is 0 Å². The highest BCUT2D eigenvalue weighted by Crippen LogP contribution is 2.30. The van der Waals surface area contributed by atoms with Gasteiger partial charge in [-0.05, 0) is 18.6 Å². The molecule has 0 bridgehead atoms. The lowest BCUT2D eigenvalue weighted by molar-refractivity contribution is 0.464. The second kappa shape index (κ2) is 5.28. The van der Waals surface area contributed by atoms with Gasteiger partial charge in [0.25, 0.3) is 0 Å². The van der Waals surface area contributed by atoms with E-state index in [-0.39, 0.29) is 16.2 Å². The minimum absolute atomic E-state index is 0.0706. The van der Waals surface area contributed by atoms with E-state index in [1.807, 2.05) is 19.1 Å². The van der Waals surface area contributed by atoms with E-state index in [2.05, 4.69) is 0 Å². The van der Waals surface area contributed by atoms with Gasteiger partial charge in [0, 0.05) is 11.5 Å². The summed E-state index contributed by atoms with van der Waals surface area (Å²) in [7, 11) is 0. The fourth-order valence-corrected chi connectivity index (χ4v) is 1.68. The molecule has 0 fully saturated rings.